The zero-order chi connectivity index (χ0) is 32.9. The maximum absolute atomic E-state index is 14.5. The van der Waals surface area contributed by atoms with Gasteiger partial charge in [-0.05, 0) is 36.6 Å². The number of aromatic nitrogens is 6. The molecule has 1 fully saturated rings. The number of nitriles is 1. The predicted molar refractivity (Wildman–Crippen MR) is 161 cm³/mol. The summed E-state index contributed by atoms with van der Waals surface area (Å²) in [5.41, 5.74) is -0.814. The summed E-state index contributed by atoms with van der Waals surface area (Å²) in [7, 11) is 1.51. The van der Waals surface area contributed by atoms with Gasteiger partial charge < -0.3 is 23.9 Å². The highest BCUT2D eigenvalue weighted by Gasteiger charge is 2.37. The third kappa shape index (κ3) is 5.52. The summed E-state index contributed by atoms with van der Waals surface area (Å²) in [6.07, 6.45) is 0.671. The van der Waals surface area contributed by atoms with Gasteiger partial charge in [0.05, 0.1) is 30.7 Å². The molecule has 6 aromatic rings. The first-order valence-corrected chi connectivity index (χ1v) is 14.4. The number of rotatable bonds is 8. The van der Waals surface area contributed by atoms with Gasteiger partial charge in [0.1, 0.15) is 28.4 Å². The van der Waals surface area contributed by atoms with E-state index in [2.05, 4.69) is 20.4 Å². The number of nitrogens with zero attached hydrogens (tertiary/aromatic N) is 7. The lowest BCUT2D eigenvalue weighted by Crippen LogP contribution is -2.39. The Balaban J connectivity index is 1.18. The molecule has 11 nitrogen and oxygen atoms in total. The van der Waals surface area contributed by atoms with Crippen LogP contribution < -0.4 is 15.6 Å². The molecule has 0 radical (unpaired) electrons. The second-order valence-corrected chi connectivity index (χ2v) is 11.1. The van der Waals surface area contributed by atoms with Crippen LogP contribution in [0.1, 0.15) is 35.6 Å². The smallest absolute Gasteiger partial charge is 0.417 e. The average Bonchev–Trinajstić information content (AvgIpc) is 3.59. The van der Waals surface area contributed by atoms with Gasteiger partial charge in [0.25, 0.3) is 5.56 Å². The zero-order valence-corrected chi connectivity index (χ0v) is 24.6. The Morgan fingerprint density at radius 2 is 1.87 bits per heavy atom. The summed E-state index contributed by atoms with van der Waals surface area (Å²) in [4.78, 5) is 22.1. The molecule has 1 saturated carbocycles. The molecule has 1 N–H and O–H groups in total. The lowest BCUT2D eigenvalue weighted by Gasteiger charge is -2.36. The maximum atomic E-state index is 14.5. The van der Waals surface area contributed by atoms with Gasteiger partial charge in [-0.3, -0.25) is 4.79 Å². The minimum atomic E-state index is -4.73. The summed E-state index contributed by atoms with van der Waals surface area (Å²) >= 11 is 0. The fraction of sp³-hybridized carbons (Fsp3) is 0.219. The highest BCUT2D eigenvalue weighted by Crippen LogP contribution is 2.38. The van der Waals surface area contributed by atoms with E-state index in [0.717, 1.165) is 22.4 Å². The first kappa shape index (κ1) is 29.9. The molecule has 238 valence electrons. The quantitative estimate of drug-likeness (QED) is 0.193. The maximum Gasteiger partial charge on any atom is 0.417 e. The Labute approximate surface area is 263 Å². The van der Waals surface area contributed by atoms with Crippen LogP contribution in [0.4, 0.5) is 29.2 Å². The molecule has 47 heavy (non-hydrogen) atoms. The molecule has 0 bridgehead atoms. The van der Waals surface area contributed by atoms with Crippen LogP contribution in [0.5, 0.6) is 11.5 Å². The topological polar surface area (TPSA) is 124 Å². The van der Waals surface area contributed by atoms with Crippen LogP contribution in [0, 0.1) is 17.1 Å². The predicted octanol–water partition coefficient (Wildman–Crippen LogP) is 6.26. The minimum Gasteiger partial charge on any atom is -0.450 e. The molecule has 1 aliphatic rings. The lowest BCUT2D eigenvalue weighted by atomic mass is 9.88. The van der Waals surface area contributed by atoms with Crippen molar-refractivity contribution in [2.24, 2.45) is 7.05 Å². The Hall–Kier alpha value is -5.75. The average molecular weight is 645 g/mol. The number of imidazole rings is 1. The van der Waals surface area contributed by atoms with Gasteiger partial charge in [0.15, 0.2) is 23.0 Å². The van der Waals surface area contributed by atoms with Crippen molar-refractivity contribution in [2.45, 2.75) is 37.8 Å². The van der Waals surface area contributed by atoms with Crippen molar-refractivity contribution in [3.63, 3.8) is 0 Å². The van der Waals surface area contributed by atoms with E-state index in [4.69, 9.17) is 9.47 Å². The van der Waals surface area contributed by atoms with Crippen molar-refractivity contribution in [1.82, 2.24) is 28.7 Å². The second-order valence-electron chi connectivity index (χ2n) is 11.1. The number of pyridine rings is 3. The first-order valence-electron chi connectivity index (χ1n) is 14.4. The number of hydrogen-bond acceptors (Lipinski definition) is 8. The van der Waals surface area contributed by atoms with Crippen molar-refractivity contribution in [1.29, 1.82) is 5.26 Å². The molecular formula is C32H24F4N8O3. The standard InChI is InChI=1S/C32H24F4N8O3/c1-42-27-22(13-37)25(47-26-15-39-44-9-5-8-23(33)28(26)44)14-38-29(27)41-31(42)40-24-10-19(32(34,35)36)16-43(30(24)45)20-11-21(12-20)46-17-18-6-3-2-4-7-18/h2-10,14-16,20-21H,11-12,17H2,1H3,(H,38,40,41). The Morgan fingerprint density at radius 3 is 2.62 bits per heavy atom. The van der Waals surface area contributed by atoms with Gasteiger partial charge in [0, 0.05) is 25.5 Å². The summed E-state index contributed by atoms with van der Waals surface area (Å²) in [6, 6.07) is 14.5. The van der Waals surface area contributed by atoms with Crippen LogP contribution in [0.3, 0.4) is 0 Å². The Kier molecular flexibility index (Phi) is 7.36. The fourth-order valence-electron chi connectivity index (χ4n) is 5.55. The largest absolute Gasteiger partial charge is 0.450 e. The van der Waals surface area contributed by atoms with E-state index in [1.54, 1.807) is 0 Å². The zero-order valence-electron chi connectivity index (χ0n) is 24.6. The molecule has 5 aromatic heterocycles. The Morgan fingerprint density at radius 1 is 1.09 bits per heavy atom. The number of fused-ring (bicyclic) bond motifs is 2. The van der Waals surface area contributed by atoms with Crippen LogP contribution in [-0.4, -0.2) is 34.8 Å². The third-order valence-corrected chi connectivity index (χ3v) is 8.06. The number of hydrogen-bond donors (Lipinski definition) is 1. The molecule has 0 amide bonds. The summed E-state index contributed by atoms with van der Waals surface area (Å²) in [5.74, 6) is -0.620. The number of aryl methyl sites for hydroxylation is 1. The molecule has 0 spiro atoms. The summed E-state index contributed by atoms with van der Waals surface area (Å²) < 4.78 is 71.9. The third-order valence-electron chi connectivity index (χ3n) is 8.06. The normalized spacial score (nSPS) is 16.3. The molecule has 0 saturated heterocycles. The van der Waals surface area contributed by atoms with Gasteiger partial charge in [-0.1, -0.05) is 30.3 Å². The van der Waals surface area contributed by atoms with Crippen molar-refractivity contribution in [3.8, 4) is 17.6 Å². The molecule has 15 heteroatoms. The number of nitrogens with one attached hydrogen (secondary N) is 1. The van der Waals surface area contributed by atoms with Crippen LogP contribution in [-0.2, 0) is 24.6 Å². The van der Waals surface area contributed by atoms with Crippen LogP contribution >= 0.6 is 0 Å². The van der Waals surface area contributed by atoms with E-state index in [1.165, 1.54) is 46.9 Å². The summed E-state index contributed by atoms with van der Waals surface area (Å²) in [6.45, 7) is 0.358. The van der Waals surface area contributed by atoms with Crippen LogP contribution in [0.25, 0.3) is 16.7 Å². The molecular weight excluding hydrogens is 620 g/mol. The van der Waals surface area contributed by atoms with Crippen molar-refractivity contribution >= 4 is 28.3 Å². The highest BCUT2D eigenvalue weighted by atomic mass is 19.4. The number of halogens is 4. The van der Waals surface area contributed by atoms with Gasteiger partial charge in [-0.2, -0.15) is 28.5 Å². The van der Waals surface area contributed by atoms with Gasteiger partial charge in [-0.25, -0.2) is 13.9 Å². The molecule has 0 unspecified atom stereocenters. The van der Waals surface area contributed by atoms with E-state index < -0.39 is 29.2 Å². The number of ether oxygens (including phenoxy) is 2. The fourth-order valence-corrected chi connectivity index (χ4v) is 5.55. The van der Waals surface area contributed by atoms with E-state index in [1.807, 2.05) is 36.4 Å². The van der Waals surface area contributed by atoms with Crippen molar-refractivity contribution < 1.29 is 27.0 Å². The summed E-state index contributed by atoms with van der Waals surface area (Å²) in [5, 5.41) is 16.8. The molecule has 1 aromatic carbocycles. The SMILES string of the molecule is Cn1c(Nc2cc(C(F)(F)F)cn(C3CC(OCc4ccccc4)C3)c2=O)nc2ncc(Oc3cnn4cccc(F)c34)c(C#N)c21. The molecule has 5 heterocycles. The number of anilines is 2. The second kappa shape index (κ2) is 11.6. The van der Waals surface area contributed by atoms with Crippen LogP contribution in [0.15, 0.2) is 78.1 Å². The van der Waals surface area contributed by atoms with E-state index in [-0.39, 0.29) is 51.5 Å². The molecule has 0 atom stereocenters. The van der Waals surface area contributed by atoms with Crippen molar-refractivity contribution in [2.75, 3.05) is 5.32 Å². The first-order chi connectivity index (χ1) is 22.6. The Bertz CT molecular complexity index is 2230. The van der Waals surface area contributed by atoms with Gasteiger partial charge in [-0.15, -0.1) is 0 Å². The lowest BCUT2D eigenvalue weighted by molar-refractivity contribution is -0.138. The molecule has 0 aliphatic heterocycles. The number of alkyl halides is 3. The van der Waals surface area contributed by atoms with Crippen LogP contribution in [0.2, 0.25) is 0 Å². The van der Waals surface area contributed by atoms with Gasteiger partial charge in [0.2, 0.25) is 5.95 Å². The molecule has 1 aliphatic carbocycles. The van der Waals surface area contributed by atoms with E-state index >= 15 is 0 Å². The van der Waals surface area contributed by atoms with E-state index in [9.17, 15) is 27.6 Å². The highest BCUT2D eigenvalue weighted by molar-refractivity contribution is 5.84. The monoisotopic (exact) mass is 644 g/mol. The molecule has 7 rings (SSSR count). The van der Waals surface area contributed by atoms with Crippen molar-refractivity contribution in [3.05, 3.63) is 106 Å². The number of benzene rings is 1. The van der Waals surface area contributed by atoms with E-state index in [0.29, 0.717) is 19.4 Å². The minimum absolute atomic E-state index is 0.0220. The van der Waals surface area contributed by atoms with Gasteiger partial charge >= 0.3 is 6.18 Å².